The molecule has 0 spiro atoms. The van der Waals surface area contributed by atoms with Gasteiger partial charge in [-0.25, -0.2) is 0 Å². The fourth-order valence-corrected chi connectivity index (χ4v) is 2.30. The van der Waals surface area contributed by atoms with E-state index in [1.807, 2.05) is 4.72 Å². The van der Waals surface area contributed by atoms with Crippen molar-refractivity contribution in [2.24, 2.45) is 5.73 Å². The molecule has 0 unspecified atom stereocenters. The third-order valence-corrected chi connectivity index (χ3v) is 3.22. The van der Waals surface area contributed by atoms with Crippen LogP contribution in [0.1, 0.15) is 5.56 Å². The van der Waals surface area contributed by atoms with Crippen LogP contribution in [0.5, 0.6) is 0 Å². The summed E-state index contributed by atoms with van der Waals surface area (Å²) in [5.74, 6) is 0. The van der Waals surface area contributed by atoms with Crippen LogP contribution in [0.4, 0.5) is 18.9 Å². The molecule has 0 amide bonds. The molecule has 1 aromatic carbocycles. The third kappa shape index (κ3) is 6.68. The Bertz CT molecular complexity index is 570. The Morgan fingerprint density at radius 2 is 1.80 bits per heavy atom. The van der Waals surface area contributed by atoms with Crippen molar-refractivity contribution in [3.63, 3.8) is 0 Å². The molecule has 0 radical (unpaired) electrons. The van der Waals surface area contributed by atoms with Gasteiger partial charge >= 0.3 is 6.18 Å². The van der Waals surface area contributed by atoms with E-state index in [1.54, 1.807) is 12.1 Å². The van der Waals surface area contributed by atoms with E-state index >= 15 is 0 Å². The second-order valence-electron chi connectivity index (χ2n) is 3.88. The van der Waals surface area contributed by atoms with Crippen LogP contribution >= 0.6 is 12.2 Å². The van der Waals surface area contributed by atoms with Crippen molar-refractivity contribution in [2.45, 2.75) is 12.6 Å². The summed E-state index contributed by atoms with van der Waals surface area (Å²) in [5.41, 5.74) is 6.25. The summed E-state index contributed by atoms with van der Waals surface area (Å²) in [6.45, 7) is -1.64. The van der Waals surface area contributed by atoms with Gasteiger partial charge in [-0.2, -0.15) is 26.3 Å². The monoisotopic (exact) mass is 327 g/mol. The maximum Gasteiger partial charge on any atom is 0.402 e. The maximum absolute atomic E-state index is 11.9. The van der Waals surface area contributed by atoms with E-state index in [0.717, 1.165) is 5.56 Å². The van der Waals surface area contributed by atoms with Gasteiger partial charge in [0.25, 0.3) is 10.2 Å². The van der Waals surface area contributed by atoms with Gasteiger partial charge in [0, 0.05) is 12.1 Å². The van der Waals surface area contributed by atoms with E-state index in [2.05, 4.69) is 0 Å². The molecule has 0 bridgehead atoms. The third-order valence-electron chi connectivity index (χ3n) is 2.05. The van der Waals surface area contributed by atoms with Gasteiger partial charge in [-0.1, -0.05) is 24.4 Å². The summed E-state index contributed by atoms with van der Waals surface area (Å²) < 4.78 is 61.8. The van der Waals surface area contributed by atoms with Crippen LogP contribution in [0.15, 0.2) is 24.3 Å². The van der Waals surface area contributed by atoms with Crippen molar-refractivity contribution in [1.82, 2.24) is 4.72 Å². The molecular formula is C10H12F3N3O2S2. The summed E-state index contributed by atoms with van der Waals surface area (Å²) in [6.07, 6.45) is -4.26. The molecule has 0 aliphatic carbocycles. The first-order chi connectivity index (χ1) is 9.07. The molecule has 0 atom stereocenters. The summed E-state index contributed by atoms with van der Waals surface area (Å²) in [7, 11) is -4.27. The van der Waals surface area contributed by atoms with Crippen molar-refractivity contribution in [1.29, 1.82) is 0 Å². The number of benzene rings is 1. The van der Waals surface area contributed by atoms with Crippen molar-refractivity contribution in [3.05, 3.63) is 29.8 Å². The van der Waals surface area contributed by atoms with Crippen LogP contribution in [0, 0.1) is 0 Å². The Hall–Kier alpha value is -1.39. The van der Waals surface area contributed by atoms with Crippen molar-refractivity contribution in [2.75, 3.05) is 11.3 Å². The average molecular weight is 327 g/mol. The predicted molar refractivity (Wildman–Crippen MR) is 73.5 cm³/mol. The quantitative estimate of drug-likeness (QED) is 0.688. The molecule has 0 aliphatic rings. The number of hydrogen-bond acceptors (Lipinski definition) is 3. The Balaban J connectivity index is 2.66. The number of thiocarbonyl (C=S) groups is 1. The molecule has 0 saturated heterocycles. The topological polar surface area (TPSA) is 84.2 Å². The van der Waals surface area contributed by atoms with Gasteiger partial charge in [0.2, 0.25) is 0 Å². The molecule has 1 rings (SSSR count). The minimum Gasteiger partial charge on any atom is -0.393 e. The molecule has 0 aromatic heterocycles. The second-order valence-corrected chi connectivity index (χ2v) is 5.91. The number of anilines is 1. The van der Waals surface area contributed by atoms with E-state index in [9.17, 15) is 21.6 Å². The lowest BCUT2D eigenvalue weighted by atomic mass is 10.1. The lowest BCUT2D eigenvalue weighted by molar-refractivity contribution is -0.121. The number of hydrogen-bond donors (Lipinski definition) is 3. The standard InChI is InChI=1S/C10H12F3N3O2S2/c11-10(12,13)6-15-20(17,18)16-8-3-1-7(2-4-8)5-9(14)19/h1-4,15-16H,5-6H2,(H2,14,19). The average Bonchev–Trinajstić information content (AvgIpc) is 2.28. The van der Waals surface area contributed by atoms with Gasteiger partial charge in [-0.15, -0.1) is 0 Å². The highest BCUT2D eigenvalue weighted by Gasteiger charge is 2.29. The van der Waals surface area contributed by atoms with E-state index in [4.69, 9.17) is 18.0 Å². The molecule has 10 heteroatoms. The number of halogens is 3. The molecule has 4 N–H and O–H groups in total. The number of nitrogens with one attached hydrogen (secondary N) is 2. The van der Waals surface area contributed by atoms with Crippen LogP contribution in [-0.4, -0.2) is 26.1 Å². The van der Waals surface area contributed by atoms with Crippen molar-refractivity contribution < 1.29 is 21.6 Å². The molecule has 0 aliphatic heterocycles. The number of rotatable bonds is 6. The molecule has 0 heterocycles. The summed E-state index contributed by atoms with van der Waals surface area (Å²) in [5, 5.41) is 0. The summed E-state index contributed by atoms with van der Waals surface area (Å²) >= 11 is 4.72. The summed E-state index contributed by atoms with van der Waals surface area (Å²) in [4.78, 5) is 0.283. The highest BCUT2D eigenvalue weighted by molar-refractivity contribution is 7.90. The molecule has 5 nitrogen and oxygen atoms in total. The van der Waals surface area contributed by atoms with Crippen LogP contribution in [0.3, 0.4) is 0 Å². The lowest BCUT2D eigenvalue weighted by Gasteiger charge is -2.11. The van der Waals surface area contributed by atoms with Crippen molar-refractivity contribution in [3.8, 4) is 0 Å². The number of alkyl halides is 3. The van der Waals surface area contributed by atoms with Gasteiger partial charge in [-0.3, -0.25) is 4.72 Å². The van der Waals surface area contributed by atoms with E-state index in [1.165, 1.54) is 16.9 Å². The molecule has 112 valence electrons. The van der Waals surface area contributed by atoms with Crippen LogP contribution in [0.2, 0.25) is 0 Å². The van der Waals surface area contributed by atoms with E-state index in [0.29, 0.717) is 6.42 Å². The minimum atomic E-state index is -4.62. The molecule has 20 heavy (non-hydrogen) atoms. The Morgan fingerprint density at radius 3 is 2.25 bits per heavy atom. The van der Waals surface area contributed by atoms with E-state index < -0.39 is 22.9 Å². The highest BCUT2D eigenvalue weighted by atomic mass is 32.2. The van der Waals surface area contributed by atoms with Gasteiger partial charge in [0.05, 0.1) is 4.99 Å². The maximum atomic E-state index is 11.9. The first-order valence-corrected chi connectivity index (χ1v) is 7.18. The van der Waals surface area contributed by atoms with E-state index in [-0.39, 0.29) is 10.7 Å². The Morgan fingerprint density at radius 1 is 1.25 bits per heavy atom. The Kier molecular flexibility index (Phi) is 5.31. The fourth-order valence-electron chi connectivity index (χ4n) is 1.26. The molecular weight excluding hydrogens is 315 g/mol. The zero-order valence-electron chi connectivity index (χ0n) is 10.1. The fraction of sp³-hybridized carbons (Fsp3) is 0.300. The van der Waals surface area contributed by atoms with Gasteiger partial charge in [0.15, 0.2) is 0 Å². The zero-order chi connectivity index (χ0) is 15.4. The molecule has 0 saturated carbocycles. The minimum absolute atomic E-state index is 0.131. The highest BCUT2D eigenvalue weighted by Crippen LogP contribution is 2.14. The Labute approximate surface area is 119 Å². The van der Waals surface area contributed by atoms with Crippen LogP contribution in [0.25, 0.3) is 0 Å². The second kappa shape index (κ2) is 6.37. The molecule has 1 aromatic rings. The van der Waals surface area contributed by atoms with Gasteiger partial charge < -0.3 is 5.73 Å². The molecule has 0 fully saturated rings. The lowest BCUT2D eigenvalue weighted by Crippen LogP contribution is -2.37. The van der Waals surface area contributed by atoms with Crippen molar-refractivity contribution >= 4 is 33.1 Å². The zero-order valence-corrected chi connectivity index (χ0v) is 11.7. The largest absolute Gasteiger partial charge is 0.402 e. The normalized spacial score (nSPS) is 12.2. The SMILES string of the molecule is NC(=S)Cc1ccc(NS(=O)(=O)NCC(F)(F)F)cc1. The first kappa shape index (κ1) is 16.7. The van der Waals surface area contributed by atoms with Gasteiger partial charge in [-0.05, 0) is 17.7 Å². The van der Waals surface area contributed by atoms with Crippen LogP contribution in [-0.2, 0) is 16.6 Å². The predicted octanol–water partition coefficient (Wildman–Crippen LogP) is 1.32. The first-order valence-electron chi connectivity index (χ1n) is 5.29. The smallest absolute Gasteiger partial charge is 0.393 e. The van der Waals surface area contributed by atoms with Gasteiger partial charge in [0.1, 0.15) is 6.54 Å². The summed E-state index contributed by atoms with van der Waals surface area (Å²) in [6, 6.07) is 5.95. The van der Waals surface area contributed by atoms with Crippen LogP contribution < -0.4 is 15.2 Å². The number of nitrogens with two attached hydrogens (primary N) is 1.